The number of methoxy groups -OCH3 is 2. The SMILES string of the molecule is CC[C@H](Sc1ccc(Cl)cc1)C(=O)Nc1ccc(OC)cc1OC. The molecule has 0 unspecified atom stereocenters. The Morgan fingerprint density at radius 3 is 2.46 bits per heavy atom. The lowest BCUT2D eigenvalue weighted by atomic mass is 10.2. The maximum Gasteiger partial charge on any atom is 0.237 e. The molecule has 0 aliphatic heterocycles. The molecule has 0 saturated carbocycles. The number of anilines is 1. The van der Waals surface area contributed by atoms with Crippen LogP contribution in [0.4, 0.5) is 5.69 Å². The van der Waals surface area contributed by atoms with Crippen molar-refractivity contribution in [2.75, 3.05) is 19.5 Å². The summed E-state index contributed by atoms with van der Waals surface area (Å²) in [5, 5.41) is 3.40. The van der Waals surface area contributed by atoms with Crippen LogP contribution in [0.15, 0.2) is 47.4 Å². The molecule has 0 spiro atoms. The Morgan fingerprint density at radius 1 is 1.17 bits per heavy atom. The molecule has 128 valence electrons. The summed E-state index contributed by atoms with van der Waals surface area (Å²) in [6.45, 7) is 1.98. The first-order chi connectivity index (χ1) is 11.6. The van der Waals surface area contributed by atoms with E-state index >= 15 is 0 Å². The summed E-state index contributed by atoms with van der Waals surface area (Å²) in [7, 11) is 3.15. The van der Waals surface area contributed by atoms with E-state index in [1.165, 1.54) is 11.8 Å². The standard InChI is InChI=1S/C18H20ClNO3S/c1-4-17(24-14-8-5-12(19)6-9-14)18(21)20-15-10-7-13(22-2)11-16(15)23-3/h5-11,17H,4H2,1-3H3,(H,20,21)/t17-/m0/s1. The largest absolute Gasteiger partial charge is 0.497 e. The number of hydrogen-bond acceptors (Lipinski definition) is 4. The molecule has 0 radical (unpaired) electrons. The third kappa shape index (κ3) is 4.82. The van der Waals surface area contributed by atoms with Gasteiger partial charge in [-0.3, -0.25) is 4.79 Å². The maximum atomic E-state index is 12.6. The third-order valence-corrected chi connectivity index (χ3v) is 5.05. The van der Waals surface area contributed by atoms with Crippen LogP contribution < -0.4 is 14.8 Å². The fourth-order valence-electron chi connectivity index (χ4n) is 2.11. The molecule has 0 aliphatic rings. The Morgan fingerprint density at radius 2 is 1.88 bits per heavy atom. The second-order valence-electron chi connectivity index (χ2n) is 5.02. The molecular weight excluding hydrogens is 346 g/mol. The number of thioether (sulfide) groups is 1. The fourth-order valence-corrected chi connectivity index (χ4v) is 3.20. The van der Waals surface area contributed by atoms with E-state index in [1.54, 1.807) is 32.4 Å². The van der Waals surface area contributed by atoms with Crippen molar-refractivity contribution in [3.05, 3.63) is 47.5 Å². The van der Waals surface area contributed by atoms with Gasteiger partial charge in [0.1, 0.15) is 11.5 Å². The van der Waals surface area contributed by atoms with Crippen molar-refractivity contribution < 1.29 is 14.3 Å². The van der Waals surface area contributed by atoms with Gasteiger partial charge in [0.2, 0.25) is 5.91 Å². The number of benzene rings is 2. The summed E-state index contributed by atoms with van der Waals surface area (Å²) in [6, 6.07) is 12.8. The van der Waals surface area contributed by atoms with Gasteiger partial charge in [0.05, 0.1) is 25.2 Å². The topological polar surface area (TPSA) is 47.6 Å². The number of nitrogens with one attached hydrogen (secondary N) is 1. The molecule has 1 amide bonds. The second-order valence-corrected chi connectivity index (χ2v) is 6.74. The minimum atomic E-state index is -0.210. The molecule has 0 aliphatic carbocycles. The van der Waals surface area contributed by atoms with Crippen LogP contribution in [-0.4, -0.2) is 25.4 Å². The minimum absolute atomic E-state index is 0.0686. The molecule has 2 aromatic rings. The van der Waals surface area contributed by atoms with Crippen LogP contribution in [0, 0.1) is 0 Å². The number of carbonyl (C=O) groups is 1. The number of hydrogen-bond donors (Lipinski definition) is 1. The molecule has 0 saturated heterocycles. The number of ether oxygens (including phenoxy) is 2. The highest BCUT2D eigenvalue weighted by Crippen LogP contribution is 2.31. The molecular formula is C18H20ClNO3S. The summed E-state index contributed by atoms with van der Waals surface area (Å²) in [5.74, 6) is 1.17. The van der Waals surface area contributed by atoms with Gasteiger partial charge in [-0.25, -0.2) is 0 Å². The molecule has 4 nitrogen and oxygen atoms in total. The van der Waals surface area contributed by atoms with Gasteiger partial charge in [-0.05, 0) is 42.8 Å². The van der Waals surface area contributed by atoms with E-state index in [1.807, 2.05) is 31.2 Å². The van der Waals surface area contributed by atoms with E-state index in [2.05, 4.69) is 5.32 Å². The molecule has 0 aromatic heterocycles. The van der Waals surface area contributed by atoms with Gasteiger partial charge < -0.3 is 14.8 Å². The molecule has 2 rings (SSSR count). The number of rotatable bonds is 7. The number of amides is 1. The van der Waals surface area contributed by atoms with Gasteiger partial charge in [-0.15, -0.1) is 11.8 Å². The van der Waals surface area contributed by atoms with Crippen LogP contribution in [0.5, 0.6) is 11.5 Å². The van der Waals surface area contributed by atoms with Crippen molar-refractivity contribution in [3.8, 4) is 11.5 Å². The number of halogens is 1. The molecule has 0 heterocycles. The lowest BCUT2D eigenvalue weighted by molar-refractivity contribution is -0.115. The molecule has 24 heavy (non-hydrogen) atoms. The molecule has 0 bridgehead atoms. The van der Waals surface area contributed by atoms with Crippen LogP contribution in [-0.2, 0) is 4.79 Å². The van der Waals surface area contributed by atoms with Gasteiger partial charge in [-0.2, -0.15) is 0 Å². The average Bonchev–Trinajstić information content (AvgIpc) is 2.61. The van der Waals surface area contributed by atoms with E-state index in [0.29, 0.717) is 28.6 Å². The van der Waals surface area contributed by atoms with Gasteiger partial charge in [-0.1, -0.05) is 18.5 Å². The Bertz CT molecular complexity index is 691. The molecule has 1 N–H and O–H groups in total. The van der Waals surface area contributed by atoms with Crippen LogP contribution in [0.1, 0.15) is 13.3 Å². The zero-order valence-electron chi connectivity index (χ0n) is 13.8. The quantitative estimate of drug-likeness (QED) is 0.711. The average molecular weight is 366 g/mol. The predicted octanol–water partition coefficient (Wildman–Crippen LogP) is 4.87. The molecule has 2 aromatic carbocycles. The Kier molecular flexibility index (Phi) is 6.82. The lowest BCUT2D eigenvalue weighted by Crippen LogP contribution is -2.24. The Hall–Kier alpha value is -1.85. The van der Waals surface area contributed by atoms with Crippen LogP contribution in [0.25, 0.3) is 0 Å². The minimum Gasteiger partial charge on any atom is -0.497 e. The van der Waals surface area contributed by atoms with Gasteiger partial charge >= 0.3 is 0 Å². The zero-order valence-corrected chi connectivity index (χ0v) is 15.4. The first kappa shape index (κ1) is 18.5. The van der Waals surface area contributed by atoms with Crippen LogP contribution >= 0.6 is 23.4 Å². The lowest BCUT2D eigenvalue weighted by Gasteiger charge is -2.17. The van der Waals surface area contributed by atoms with Gasteiger partial charge in [0, 0.05) is 16.0 Å². The Balaban J connectivity index is 2.10. The monoisotopic (exact) mass is 365 g/mol. The van der Waals surface area contributed by atoms with Gasteiger partial charge in [0.15, 0.2) is 0 Å². The summed E-state index contributed by atoms with van der Waals surface area (Å²) in [4.78, 5) is 13.6. The highest BCUT2D eigenvalue weighted by molar-refractivity contribution is 8.00. The Labute approximate surface area is 151 Å². The predicted molar refractivity (Wildman–Crippen MR) is 99.6 cm³/mol. The van der Waals surface area contributed by atoms with Crippen molar-refractivity contribution >= 4 is 35.0 Å². The smallest absolute Gasteiger partial charge is 0.237 e. The molecule has 1 atom stereocenters. The summed E-state index contributed by atoms with van der Waals surface area (Å²) < 4.78 is 10.5. The van der Waals surface area contributed by atoms with Crippen LogP contribution in [0.3, 0.4) is 0 Å². The zero-order chi connectivity index (χ0) is 17.5. The normalized spacial score (nSPS) is 11.7. The van der Waals surface area contributed by atoms with Crippen molar-refractivity contribution in [2.24, 2.45) is 0 Å². The van der Waals surface area contributed by atoms with Crippen molar-refractivity contribution in [1.29, 1.82) is 0 Å². The summed E-state index contributed by atoms with van der Waals surface area (Å²) in [6.07, 6.45) is 0.706. The first-order valence-corrected chi connectivity index (χ1v) is 8.78. The van der Waals surface area contributed by atoms with E-state index in [9.17, 15) is 4.79 Å². The van der Waals surface area contributed by atoms with E-state index in [-0.39, 0.29) is 11.2 Å². The van der Waals surface area contributed by atoms with E-state index < -0.39 is 0 Å². The van der Waals surface area contributed by atoms with Crippen molar-refractivity contribution in [3.63, 3.8) is 0 Å². The van der Waals surface area contributed by atoms with Gasteiger partial charge in [0.25, 0.3) is 0 Å². The number of carbonyl (C=O) groups excluding carboxylic acids is 1. The van der Waals surface area contributed by atoms with E-state index in [4.69, 9.17) is 21.1 Å². The van der Waals surface area contributed by atoms with Crippen molar-refractivity contribution in [1.82, 2.24) is 0 Å². The molecule has 6 heteroatoms. The van der Waals surface area contributed by atoms with Crippen molar-refractivity contribution in [2.45, 2.75) is 23.5 Å². The fraction of sp³-hybridized carbons (Fsp3) is 0.278. The highest BCUT2D eigenvalue weighted by Gasteiger charge is 2.19. The second kappa shape index (κ2) is 8.85. The summed E-state index contributed by atoms with van der Waals surface area (Å²) in [5.41, 5.74) is 0.624. The first-order valence-electron chi connectivity index (χ1n) is 7.52. The highest BCUT2D eigenvalue weighted by atomic mass is 35.5. The van der Waals surface area contributed by atoms with Crippen LogP contribution in [0.2, 0.25) is 5.02 Å². The van der Waals surface area contributed by atoms with E-state index in [0.717, 1.165) is 4.90 Å². The summed E-state index contributed by atoms with van der Waals surface area (Å²) >= 11 is 7.41. The molecule has 0 fully saturated rings. The third-order valence-electron chi connectivity index (χ3n) is 3.42. The maximum absolute atomic E-state index is 12.6.